The summed E-state index contributed by atoms with van der Waals surface area (Å²) in [5, 5.41) is 0. The van der Waals surface area contributed by atoms with Gasteiger partial charge in [0.05, 0.1) is 0 Å². The maximum atomic E-state index is 4.59. The summed E-state index contributed by atoms with van der Waals surface area (Å²) in [6.07, 6.45) is 7.40. The maximum Gasteiger partial charge on any atom is 0.128 e. The topological polar surface area (TPSA) is 22.6 Å². The largest absolute Gasteiger partial charge is 0.357 e. The number of nitrogens with zero attached hydrogens (tertiary/aromatic N) is 4. The van der Waals surface area contributed by atoms with Crippen molar-refractivity contribution in [1.82, 2.24) is 14.8 Å². The third-order valence-electron chi connectivity index (χ3n) is 6.24. The summed E-state index contributed by atoms with van der Waals surface area (Å²) in [5.74, 6) is 2.07. The number of aryl methyl sites for hydroxylation is 1. The highest BCUT2D eigenvalue weighted by molar-refractivity contribution is 5.39. The van der Waals surface area contributed by atoms with Crippen LogP contribution in [-0.2, 0) is 0 Å². The van der Waals surface area contributed by atoms with Crippen molar-refractivity contribution in [2.24, 2.45) is 5.92 Å². The van der Waals surface area contributed by atoms with E-state index in [0.29, 0.717) is 5.54 Å². The van der Waals surface area contributed by atoms with Crippen LogP contribution in [0.15, 0.2) is 18.3 Å². The molecular formula is C22H38N4. The zero-order valence-electron chi connectivity index (χ0n) is 17.4. The number of piperidine rings is 1. The van der Waals surface area contributed by atoms with Gasteiger partial charge in [-0.05, 0) is 77.5 Å². The van der Waals surface area contributed by atoms with Gasteiger partial charge in [-0.3, -0.25) is 4.90 Å². The van der Waals surface area contributed by atoms with Crippen LogP contribution in [-0.4, -0.2) is 66.1 Å². The molecular weight excluding hydrogens is 320 g/mol. The molecule has 0 N–H and O–H groups in total. The second-order valence-corrected chi connectivity index (χ2v) is 9.27. The molecule has 2 aliphatic heterocycles. The summed E-state index contributed by atoms with van der Waals surface area (Å²) in [6.45, 7) is 17.7. The molecule has 3 heterocycles. The fourth-order valence-corrected chi connectivity index (χ4v) is 4.34. The van der Waals surface area contributed by atoms with E-state index in [-0.39, 0.29) is 0 Å². The fraction of sp³-hybridized carbons (Fsp3) is 0.773. The standard InChI is InChI=1S/C22H38N4/c1-19-7-8-21(23-18-19)25-12-9-20(10-13-25)6-5-11-24-14-16-26(17-15-24)22(2,3)4/h7-8,18,20H,5-6,9-17H2,1-4H3. The lowest BCUT2D eigenvalue weighted by Crippen LogP contribution is -2.53. The lowest BCUT2D eigenvalue weighted by Gasteiger charge is -2.42. The van der Waals surface area contributed by atoms with Crippen LogP contribution >= 0.6 is 0 Å². The number of pyridine rings is 1. The Labute approximate surface area is 160 Å². The molecule has 0 atom stereocenters. The third-order valence-corrected chi connectivity index (χ3v) is 6.24. The Bertz CT molecular complexity index is 532. The monoisotopic (exact) mass is 358 g/mol. The predicted molar refractivity (Wildman–Crippen MR) is 111 cm³/mol. The minimum atomic E-state index is 0.326. The number of aromatic nitrogens is 1. The van der Waals surface area contributed by atoms with Crippen molar-refractivity contribution >= 4 is 5.82 Å². The van der Waals surface area contributed by atoms with Gasteiger partial charge in [0.1, 0.15) is 5.82 Å². The first-order valence-electron chi connectivity index (χ1n) is 10.6. The van der Waals surface area contributed by atoms with Crippen molar-refractivity contribution in [2.75, 3.05) is 50.7 Å². The molecule has 0 spiro atoms. The third kappa shape index (κ3) is 5.43. The van der Waals surface area contributed by atoms with Gasteiger partial charge < -0.3 is 9.80 Å². The number of anilines is 1. The smallest absolute Gasteiger partial charge is 0.128 e. The molecule has 1 aromatic heterocycles. The Morgan fingerprint density at radius 1 is 1.00 bits per heavy atom. The van der Waals surface area contributed by atoms with Crippen LogP contribution in [0, 0.1) is 12.8 Å². The Morgan fingerprint density at radius 3 is 2.27 bits per heavy atom. The lowest BCUT2D eigenvalue weighted by molar-refractivity contribution is 0.0610. The molecule has 2 fully saturated rings. The molecule has 0 aromatic carbocycles. The molecule has 0 bridgehead atoms. The summed E-state index contributed by atoms with van der Waals surface area (Å²) in [6, 6.07) is 4.35. The van der Waals surface area contributed by atoms with E-state index in [1.165, 1.54) is 77.1 Å². The molecule has 0 radical (unpaired) electrons. The highest BCUT2D eigenvalue weighted by Gasteiger charge is 2.26. The predicted octanol–water partition coefficient (Wildman–Crippen LogP) is 3.80. The molecule has 26 heavy (non-hydrogen) atoms. The molecule has 4 heteroatoms. The van der Waals surface area contributed by atoms with Crippen LogP contribution in [0.25, 0.3) is 0 Å². The van der Waals surface area contributed by atoms with Crippen molar-refractivity contribution in [1.29, 1.82) is 0 Å². The quantitative estimate of drug-likeness (QED) is 0.798. The molecule has 146 valence electrons. The molecule has 0 unspecified atom stereocenters. The van der Waals surface area contributed by atoms with Crippen molar-refractivity contribution in [2.45, 2.75) is 58.9 Å². The van der Waals surface area contributed by atoms with Gasteiger partial charge in [0.25, 0.3) is 0 Å². The molecule has 0 saturated carbocycles. The van der Waals surface area contributed by atoms with Crippen molar-refractivity contribution in [3.8, 4) is 0 Å². The second-order valence-electron chi connectivity index (χ2n) is 9.27. The van der Waals surface area contributed by atoms with Gasteiger partial charge in [0, 0.05) is 51.0 Å². The first-order valence-corrected chi connectivity index (χ1v) is 10.6. The Balaban J connectivity index is 1.32. The molecule has 2 saturated heterocycles. The summed E-state index contributed by atoms with van der Waals surface area (Å²) >= 11 is 0. The Hall–Kier alpha value is -1.13. The maximum absolute atomic E-state index is 4.59. The van der Waals surface area contributed by atoms with Gasteiger partial charge in [0.2, 0.25) is 0 Å². The first-order chi connectivity index (χ1) is 12.4. The normalized spacial score (nSPS) is 21.3. The Kier molecular flexibility index (Phi) is 6.57. The van der Waals surface area contributed by atoms with Gasteiger partial charge in [0.15, 0.2) is 0 Å². The van der Waals surface area contributed by atoms with E-state index >= 15 is 0 Å². The van der Waals surface area contributed by atoms with Gasteiger partial charge in [-0.15, -0.1) is 0 Å². The average Bonchev–Trinajstić information content (AvgIpc) is 2.63. The highest BCUT2D eigenvalue weighted by atomic mass is 15.3. The van der Waals surface area contributed by atoms with E-state index in [1.807, 2.05) is 6.20 Å². The first kappa shape index (κ1) is 19.6. The summed E-state index contributed by atoms with van der Waals surface area (Å²) < 4.78 is 0. The number of hydrogen-bond donors (Lipinski definition) is 0. The van der Waals surface area contributed by atoms with E-state index in [4.69, 9.17) is 0 Å². The number of rotatable bonds is 5. The lowest BCUT2D eigenvalue weighted by atomic mass is 9.92. The number of piperazine rings is 1. The van der Waals surface area contributed by atoms with Crippen LogP contribution in [0.4, 0.5) is 5.82 Å². The van der Waals surface area contributed by atoms with Crippen molar-refractivity contribution < 1.29 is 0 Å². The fourth-order valence-electron chi connectivity index (χ4n) is 4.34. The molecule has 0 aliphatic carbocycles. The summed E-state index contributed by atoms with van der Waals surface area (Å²) in [7, 11) is 0. The second kappa shape index (κ2) is 8.71. The van der Waals surface area contributed by atoms with Crippen LogP contribution in [0.1, 0.15) is 52.0 Å². The number of hydrogen-bond acceptors (Lipinski definition) is 4. The molecule has 3 rings (SSSR count). The van der Waals surface area contributed by atoms with Crippen LogP contribution in [0.2, 0.25) is 0 Å². The van der Waals surface area contributed by atoms with E-state index in [1.54, 1.807) is 0 Å². The van der Waals surface area contributed by atoms with E-state index < -0.39 is 0 Å². The van der Waals surface area contributed by atoms with E-state index in [2.05, 4.69) is 59.5 Å². The molecule has 2 aliphatic rings. The van der Waals surface area contributed by atoms with E-state index in [9.17, 15) is 0 Å². The summed E-state index contributed by atoms with van der Waals surface area (Å²) in [5.41, 5.74) is 1.57. The zero-order chi connectivity index (χ0) is 18.6. The van der Waals surface area contributed by atoms with Gasteiger partial charge in [-0.1, -0.05) is 6.07 Å². The molecule has 4 nitrogen and oxygen atoms in total. The van der Waals surface area contributed by atoms with Crippen LogP contribution in [0.5, 0.6) is 0 Å². The minimum Gasteiger partial charge on any atom is -0.357 e. The minimum absolute atomic E-state index is 0.326. The summed E-state index contributed by atoms with van der Waals surface area (Å²) in [4.78, 5) is 12.3. The van der Waals surface area contributed by atoms with Crippen molar-refractivity contribution in [3.05, 3.63) is 23.9 Å². The van der Waals surface area contributed by atoms with Gasteiger partial charge >= 0.3 is 0 Å². The van der Waals surface area contributed by atoms with Crippen molar-refractivity contribution in [3.63, 3.8) is 0 Å². The molecule has 1 aromatic rings. The van der Waals surface area contributed by atoms with Crippen LogP contribution in [0.3, 0.4) is 0 Å². The molecule has 0 amide bonds. The van der Waals surface area contributed by atoms with Gasteiger partial charge in [-0.2, -0.15) is 0 Å². The van der Waals surface area contributed by atoms with Gasteiger partial charge in [-0.25, -0.2) is 4.98 Å². The zero-order valence-corrected chi connectivity index (χ0v) is 17.4. The average molecular weight is 359 g/mol. The Morgan fingerprint density at radius 2 is 1.69 bits per heavy atom. The van der Waals surface area contributed by atoms with E-state index in [0.717, 1.165) is 11.7 Å². The van der Waals surface area contributed by atoms with Crippen LogP contribution < -0.4 is 4.90 Å². The SMILES string of the molecule is Cc1ccc(N2CCC(CCCN3CCN(C(C)(C)C)CC3)CC2)nc1. The highest BCUT2D eigenvalue weighted by Crippen LogP contribution is 2.25.